The van der Waals surface area contributed by atoms with Crippen molar-refractivity contribution in [2.24, 2.45) is 0 Å². The van der Waals surface area contributed by atoms with Gasteiger partial charge in [0.25, 0.3) is 0 Å². The number of benzene rings is 1. The molecule has 0 saturated heterocycles. The Hall–Kier alpha value is -1.12. The van der Waals surface area contributed by atoms with Gasteiger partial charge in [-0.15, -0.1) is 0 Å². The summed E-state index contributed by atoms with van der Waals surface area (Å²) < 4.78 is 11.3. The Balaban J connectivity index is 2.53. The molecule has 0 aliphatic carbocycles. The van der Waals surface area contributed by atoms with E-state index < -0.39 is 0 Å². The zero-order valence-electron chi connectivity index (χ0n) is 12.3. The lowest BCUT2D eigenvalue weighted by Crippen LogP contribution is -2.16. The lowest BCUT2D eigenvalue weighted by molar-refractivity contribution is -0.111. The zero-order valence-corrected chi connectivity index (χ0v) is 12.3. The first-order valence-corrected chi connectivity index (χ1v) is 7.24. The minimum absolute atomic E-state index is 0.217. The fraction of sp³-hybridized carbons (Fsp3) is 0.529. The van der Waals surface area contributed by atoms with Crippen LogP contribution in [0.1, 0.15) is 45.1 Å². The van der Waals surface area contributed by atoms with Crippen molar-refractivity contribution in [1.29, 1.82) is 0 Å². The SMILES string of the molecule is CCCOC(C=CC(C)c1ccccc1)OCCC. The van der Waals surface area contributed by atoms with Crippen LogP contribution in [0.3, 0.4) is 0 Å². The van der Waals surface area contributed by atoms with Gasteiger partial charge in [-0.3, -0.25) is 0 Å². The standard InChI is InChI=1S/C17H26O2/c1-4-13-18-17(19-14-5-2)12-11-15(3)16-9-7-6-8-10-16/h6-12,15,17H,4-5,13-14H2,1-3H3. The maximum atomic E-state index is 5.67. The molecule has 0 radical (unpaired) electrons. The van der Waals surface area contributed by atoms with Crippen molar-refractivity contribution in [3.05, 3.63) is 48.0 Å². The van der Waals surface area contributed by atoms with Crippen molar-refractivity contribution in [2.75, 3.05) is 13.2 Å². The Morgan fingerprint density at radius 2 is 1.53 bits per heavy atom. The van der Waals surface area contributed by atoms with Gasteiger partial charge in [-0.05, 0) is 30.4 Å². The van der Waals surface area contributed by atoms with Gasteiger partial charge in [0.1, 0.15) is 0 Å². The first kappa shape index (κ1) is 15.9. The Bertz CT molecular complexity index is 338. The van der Waals surface area contributed by atoms with Crippen LogP contribution in [0.5, 0.6) is 0 Å². The van der Waals surface area contributed by atoms with Gasteiger partial charge in [0.05, 0.1) is 0 Å². The summed E-state index contributed by atoms with van der Waals surface area (Å²) in [6, 6.07) is 10.5. The second kappa shape index (κ2) is 9.76. The van der Waals surface area contributed by atoms with Gasteiger partial charge in [-0.1, -0.05) is 57.2 Å². The van der Waals surface area contributed by atoms with Gasteiger partial charge in [0.2, 0.25) is 0 Å². The molecule has 2 heteroatoms. The minimum Gasteiger partial charge on any atom is -0.349 e. The maximum absolute atomic E-state index is 5.67. The van der Waals surface area contributed by atoms with E-state index in [1.165, 1.54) is 5.56 Å². The molecule has 1 unspecified atom stereocenters. The second-order valence-electron chi connectivity index (χ2n) is 4.69. The molecule has 0 fully saturated rings. The van der Waals surface area contributed by atoms with Crippen LogP contribution in [0.2, 0.25) is 0 Å². The van der Waals surface area contributed by atoms with Crippen LogP contribution < -0.4 is 0 Å². The molecule has 1 aromatic rings. The molecule has 106 valence electrons. The lowest BCUT2D eigenvalue weighted by Gasteiger charge is -2.15. The van der Waals surface area contributed by atoms with Crippen molar-refractivity contribution in [2.45, 2.75) is 45.8 Å². The van der Waals surface area contributed by atoms with Gasteiger partial charge in [-0.25, -0.2) is 0 Å². The Morgan fingerprint density at radius 1 is 0.947 bits per heavy atom. The molecule has 0 aliphatic heterocycles. The molecule has 19 heavy (non-hydrogen) atoms. The highest BCUT2D eigenvalue weighted by Crippen LogP contribution is 2.16. The molecule has 1 rings (SSSR count). The third-order valence-corrected chi connectivity index (χ3v) is 2.85. The number of ether oxygens (including phenoxy) is 2. The maximum Gasteiger partial charge on any atom is 0.176 e. The van der Waals surface area contributed by atoms with Gasteiger partial charge in [0.15, 0.2) is 6.29 Å². The summed E-state index contributed by atoms with van der Waals surface area (Å²) in [5.74, 6) is 0.374. The van der Waals surface area contributed by atoms with Crippen molar-refractivity contribution in [1.82, 2.24) is 0 Å². The highest BCUT2D eigenvalue weighted by Gasteiger charge is 2.06. The van der Waals surface area contributed by atoms with Crippen LogP contribution in [0.4, 0.5) is 0 Å². The van der Waals surface area contributed by atoms with E-state index in [2.05, 4.69) is 51.1 Å². The molecule has 0 aliphatic rings. The van der Waals surface area contributed by atoms with Gasteiger partial charge in [-0.2, -0.15) is 0 Å². The topological polar surface area (TPSA) is 18.5 Å². The van der Waals surface area contributed by atoms with Crippen LogP contribution in [0, 0.1) is 0 Å². The molecular formula is C17H26O2. The molecule has 0 N–H and O–H groups in total. The van der Waals surface area contributed by atoms with E-state index >= 15 is 0 Å². The quantitative estimate of drug-likeness (QED) is 0.481. The van der Waals surface area contributed by atoms with E-state index in [1.54, 1.807) is 0 Å². The molecule has 0 heterocycles. The van der Waals surface area contributed by atoms with E-state index in [0.29, 0.717) is 5.92 Å². The Labute approximate surface area is 117 Å². The van der Waals surface area contributed by atoms with Crippen LogP contribution in [-0.2, 0) is 9.47 Å². The van der Waals surface area contributed by atoms with Crippen molar-refractivity contribution in [3.8, 4) is 0 Å². The van der Waals surface area contributed by atoms with Gasteiger partial charge in [0, 0.05) is 13.2 Å². The van der Waals surface area contributed by atoms with Crippen LogP contribution in [-0.4, -0.2) is 19.5 Å². The van der Waals surface area contributed by atoms with Crippen molar-refractivity contribution >= 4 is 0 Å². The number of allylic oxidation sites excluding steroid dienone is 1. The first-order chi connectivity index (χ1) is 9.27. The van der Waals surface area contributed by atoms with Crippen molar-refractivity contribution in [3.63, 3.8) is 0 Å². The Kier molecular flexibility index (Phi) is 8.19. The summed E-state index contributed by atoms with van der Waals surface area (Å²) in [6.45, 7) is 7.86. The van der Waals surface area contributed by atoms with E-state index in [-0.39, 0.29) is 6.29 Å². The smallest absolute Gasteiger partial charge is 0.176 e. The molecule has 0 saturated carbocycles. The normalized spacial score (nSPS) is 13.3. The zero-order chi connectivity index (χ0) is 13.9. The molecule has 0 spiro atoms. The largest absolute Gasteiger partial charge is 0.349 e. The minimum atomic E-state index is -0.217. The summed E-state index contributed by atoms with van der Waals surface area (Å²) in [6.07, 6.45) is 5.99. The predicted molar refractivity (Wildman–Crippen MR) is 80.3 cm³/mol. The van der Waals surface area contributed by atoms with E-state index in [1.807, 2.05) is 12.1 Å². The van der Waals surface area contributed by atoms with Gasteiger partial charge >= 0.3 is 0 Å². The van der Waals surface area contributed by atoms with E-state index in [4.69, 9.17) is 9.47 Å². The van der Waals surface area contributed by atoms with Crippen LogP contribution in [0.15, 0.2) is 42.5 Å². The van der Waals surface area contributed by atoms with Gasteiger partial charge < -0.3 is 9.47 Å². The molecule has 0 bridgehead atoms. The number of rotatable bonds is 9. The fourth-order valence-electron chi connectivity index (χ4n) is 1.75. The van der Waals surface area contributed by atoms with E-state index in [0.717, 1.165) is 26.1 Å². The molecular weight excluding hydrogens is 236 g/mol. The average Bonchev–Trinajstić information content (AvgIpc) is 2.47. The second-order valence-corrected chi connectivity index (χ2v) is 4.69. The first-order valence-electron chi connectivity index (χ1n) is 7.24. The number of hydrogen-bond donors (Lipinski definition) is 0. The fourth-order valence-corrected chi connectivity index (χ4v) is 1.75. The molecule has 1 atom stereocenters. The van der Waals surface area contributed by atoms with E-state index in [9.17, 15) is 0 Å². The summed E-state index contributed by atoms with van der Waals surface area (Å²) >= 11 is 0. The highest BCUT2D eigenvalue weighted by atomic mass is 16.7. The van der Waals surface area contributed by atoms with Crippen LogP contribution >= 0.6 is 0 Å². The summed E-state index contributed by atoms with van der Waals surface area (Å²) in [5.41, 5.74) is 1.31. The summed E-state index contributed by atoms with van der Waals surface area (Å²) in [5, 5.41) is 0. The third kappa shape index (κ3) is 6.55. The summed E-state index contributed by atoms with van der Waals surface area (Å²) in [7, 11) is 0. The molecule has 0 amide bonds. The Morgan fingerprint density at radius 3 is 2.05 bits per heavy atom. The monoisotopic (exact) mass is 262 g/mol. The van der Waals surface area contributed by atoms with Crippen LogP contribution in [0.25, 0.3) is 0 Å². The predicted octanol–water partition coefficient (Wildman–Crippen LogP) is 4.53. The third-order valence-electron chi connectivity index (χ3n) is 2.85. The molecule has 2 nitrogen and oxygen atoms in total. The highest BCUT2D eigenvalue weighted by molar-refractivity contribution is 5.22. The molecule has 1 aromatic carbocycles. The number of hydrogen-bond acceptors (Lipinski definition) is 2. The summed E-state index contributed by atoms with van der Waals surface area (Å²) in [4.78, 5) is 0. The van der Waals surface area contributed by atoms with Crippen molar-refractivity contribution < 1.29 is 9.47 Å². The molecule has 0 aromatic heterocycles. The average molecular weight is 262 g/mol. The lowest BCUT2D eigenvalue weighted by atomic mass is 10.0.